The van der Waals surface area contributed by atoms with Gasteiger partial charge in [0, 0.05) is 33.2 Å². The van der Waals surface area contributed by atoms with Crippen molar-refractivity contribution in [2.24, 2.45) is 7.05 Å². The van der Waals surface area contributed by atoms with Crippen molar-refractivity contribution in [2.75, 3.05) is 37.7 Å². The van der Waals surface area contributed by atoms with Crippen LogP contribution in [0.1, 0.15) is 26.0 Å². The third-order valence-electron chi connectivity index (χ3n) is 6.82. The lowest BCUT2D eigenvalue weighted by Crippen LogP contribution is -2.48. The molecule has 1 aliphatic rings. The predicted molar refractivity (Wildman–Crippen MR) is 147 cm³/mol. The van der Waals surface area contributed by atoms with Crippen LogP contribution in [0.25, 0.3) is 22.4 Å². The second-order valence-corrected chi connectivity index (χ2v) is 11.3. The number of nitrogens with zero attached hydrogens (tertiary/aromatic N) is 5. The maximum atomic E-state index is 14.2. The molecule has 5 rings (SSSR count). The number of aryl methyl sites for hydroxylation is 2. The number of hydrogen-bond donors (Lipinski definition) is 1. The van der Waals surface area contributed by atoms with Gasteiger partial charge in [-0.1, -0.05) is 25.5 Å². The number of hydrogen-bond acceptors (Lipinski definition) is 7. The number of aromatic amines is 1. The number of halogens is 1. The number of benzene rings is 2. The number of H-pyrrole nitrogens is 1. The van der Waals surface area contributed by atoms with Crippen LogP contribution in [-0.4, -0.2) is 65.3 Å². The summed E-state index contributed by atoms with van der Waals surface area (Å²) in [5.74, 6) is 0.283. The molecule has 12 heteroatoms. The fraction of sp³-hybridized carbons (Fsp3) is 0.370. The molecule has 3 heterocycles. The monoisotopic (exact) mass is 554 g/mol. The van der Waals surface area contributed by atoms with Gasteiger partial charge in [0.05, 0.1) is 28.4 Å². The summed E-state index contributed by atoms with van der Waals surface area (Å²) in [5, 5.41) is 4.46. The minimum atomic E-state index is -3.88. The molecule has 0 atom stereocenters. The first-order valence-electron chi connectivity index (χ1n) is 13.0. The van der Waals surface area contributed by atoms with Gasteiger partial charge in [0.1, 0.15) is 22.9 Å². The standard InChI is InChI=1S/C27H31FN6O4S/c1-4-8-21-24-25(32(3)31-21)27(35)30-26(29-24)19-17-18(11-12-23(19)38-5-2)39(36,37)34-15-13-33(14-16-34)22-10-7-6-9-20(22)28/h6-7,9-12,17H,4-5,8,13-16H2,1-3H3,(H,29,30,35). The molecule has 0 amide bonds. The first kappa shape index (κ1) is 26.8. The van der Waals surface area contributed by atoms with Crippen molar-refractivity contribution in [3.8, 4) is 17.1 Å². The number of anilines is 1. The van der Waals surface area contributed by atoms with E-state index in [2.05, 4.69) is 10.1 Å². The van der Waals surface area contributed by atoms with Crippen molar-refractivity contribution in [3.63, 3.8) is 0 Å². The highest BCUT2D eigenvalue weighted by molar-refractivity contribution is 7.89. The van der Waals surface area contributed by atoms with Crippen molar-refractivity contribution in [1.29, 1.82) is 0 Å². The Morgan fingerprint density at radius 3 is 2.51 bits per heavy atom. The molecule has 0 unspecified atom stereocenters. The van der Waals surface area contributed by atoms with E-state index in [9.17, 15) is 17.6 Å². The molecule has 10 nitrogen and oxygen atoms in total. The normalized spacial score (nSPS) is 14.7. The Balaban J connectivity index is 1.50. The van der Waals surface area contributed by atoms with E-state index in [4.69, 9.17) is 9.72 Å². The maximum Gasteiger partial charge on any atom is 0.277 e. The number of piperazine rings is 1. The van der Waals surface area contributed by atoms with Crippen LogP contribution < -0.4 is 15.2 Å². The molecular formula is C27H31FN6O4S. The number of sulfonamides is 1. The lowest BCUT2D eigenvalue weighted by molar-refractivity contribution is 0.341. The summed E-state index contributed by atoms with van der Waals surface area (Å²) in [4.78, 5) is 22.4. The van der Waals surface area contributed by atoms with Crippen molar-refractivity contribution in [1.82, 2.24) is 24.1 Å². The van der Waals surface area contributed by atoms with E-state index < -0.39 is 10.0 Å². The van der Waals surface area contributed by atoms with Gasteiger partial charge in [-0.2, -0.15) is 9.40 Å². The molecule has 39 heavy (non-hydrogen) atoms. The fourth-order valence-corrected chi connectivity index (χ4v) is 6.39. The Morgan fingerprint density at radius 2 is 1.82 bits per heavy atom. The summed E-state index contributed by atoms with van der Waals surface area (Å²) < 4.78 is 50.3. The molecule has 0 saturated carbocycles. The molecule has 0 spiro atoms. The maximum absolute atomic E-state index is 14.2. The van der Waals surface area contributed by atoms with Crippen LogP contribution in [-0.2, 0) is 23.5 Å². The van der Waals surface area contributed by atoms with Gasteiger partial charge in [-0.25, -0.2) is 17.8 Å². The van der Waals surface area contributed by atoms with E-state index in [1.54, 1.807) is 31.3 Å². The molecule has 0 radical (unpaired) electrons. The highest BCUT2D eigenvalue weighted by Gasteiger charge is 2.30. The fourth-order valence-electron chi connectivity index (χ4n) is 4.94. The van der Waals surface area contributed by atoms with Crippen LogP contribution in [0, 0.1) is 5.82 Å². The number of nitrogens with one attached hydrogen (secondary N) is 1. The third kappa shape index (κ3) is 5.01. The average molecular weight is 555 g/mol. The molecule has 2 aromatic heterocycles. The Hall–Kier alpha value is -3.77. The zero-order chi connectivity index (χ0) is 27.7. The topological polar surface area (TPSA) is 113 Å². The second-order valence-electron chi connectivity index (χ2n) is 9.37. The minimum absolute atomic E-state index is 0.0583. The van der Waals surface area contributed by atoms with Crippen LogP contribution in [0.15, 0.2) is 52.2 Å². The SMILES string of the molecule is CCCc1nn(C)c2c(=O)[nH]c(-c3cc(S(=O)(=O)N4CCN(c5ccccc5F)CC4)ccc3OCC)nc12. The zero-order valence-corrected chi connectivity index (χ0v) is 23.0. The molecule has 1 saturated heterocycles. The highest BCUT2D eigenvalue weighted by atomic mass is 32.2. The summed E-state index contributed by atoms with van der Waals surface area (Å²) >= 11 is 0. The Labute approximate surface area is 226 Å². The predicted octanol–water partition coefficient (Wildman–Crippen LogP) is 3.32. The van der Waals surface area contributed by atoms with E-state index in [0.717, 1.165) is 6.42 Å². The van der Waals surface area contributed by atoms with E-state index in [-0.39, 0.29) is 35.2 Å². The van der Waals surface area contributed by atoms with Gasteiger partial charge < -0.3 is 14.6 Å². The van der Waals surface area contributed by atoms with Crippen molar-refractivity contribution in [2.45, 2.75) is 31.6 Å². The summed E-state index contributed by atoms with van der Waals surface area (Å²) in [5.41, 5.74) is 2.01. The number of ether oxygens (including phenoxy) is 1. The lowest BCUT2D eigenvalue weighted by atomic mass is 10.1. The number of fused-ring (bicyclic) bond motifs is 1. The van der Waals surface area contributed by atoms with Crippen LogP contribution in [0.2, 0.25) is 0 Å². The van der Waals surface area contributed by atoms with E-state index >= 15 is 0 Å². The van der Waals surface area contributed by atoms with Gasteiger partial charge in [0.2, 0.25) is 10.0 Å². The molecule has 1 aliphatic heterocycles. The lowest BCUT2D eigenvalue weighted by Gasteiger charge is -2.35. The van der Waals surface area contributed by atoms with Gasteiger partial charge in [-0.15, -0.1) is 0 Å². The van der Waals surface area contributed by atoms with Gasteiger partial charge in [0.15, 0.2) is 5.52 Å². The molecule has 4 aromatic rings. The summed E-state index contributed by atoms with van der Waals surface area (Å²) in [6, 6.07) is 11.0. The van der Waals surface area contributed by atoms with E-state index in [0.29, 0.717) is 59.8 Å². The minimum Gasteiger partial charge on any atom is -0.493 e. The number of aromatic nitrogens is 4. The van der Waals surface area contributed by atoms with Gasteiger partial charge >= 0.3 is 0 Å². The summed E-state index contributed by atoms with van der Waals surface area (Å²) in [6.45, 7) is 5.31. The van der Waals surface area contributed by atoms with Gasteiger partial charge in [0.25, 0.3) is 5.56 Å². The second kappa shape index (κ2) is 10.8. The molecule has 1 N–H and O–H groups in total. The molecule has 1 fully saturated rings. The Morgan fingerprint density at radius 1 is 1.08 bits per heavy atom. The number of para-hydroxylation sites is 1. The molecule has 0 aliphatic carbocycles. The highest BCUT2D eigenvalue weighted by Crippen LogP contribution is 2.32. The summed E-state index contributed by atoms with van der Waals surface area (Å²) in [6.07, 6.45) is 1.48. The first-order chi connectivity index (χ1) is 18.7. The summed E-state index contributed by atoms with van der Waals surface area (Å²) in [7, 11) is -2.19. The number of rotatable bonds is 8. The zero-order valence-electron chi connectivity index (χ0n) is 22.1. The van der Waals surface area contributed by atoms with Crippen molar-refractivity contribution in [3.05, 3.63) is 64.3 Å². The van der Waals surface area contributed by atoms with Gasteiger partial charge in [-0.05, 0) is 43.7 Å². The van der Waals surface area contributed by atoms with E-state index in [1.807, 2.05) is 18.7 Å². The van der Waals surface area contributed by atoms with E-state index in [1.165, 1.54) is 27.2 Å². The van der Waals surface area contributed by atoms with Crippen LogP contribution >= 0.6 is 0 Å². The third-order valence-corrected chi connectivity index (χ3v) is 8.72. The Bertz CT molecular complexity index is 1680. The molecule has 2 aromatic carbocycles. The quantitative estimate of drug-likeness (QED) is 0.356. The average Bonchev–Trinajstić information content (AvgIpc) is 3.25. The molecule has 0 bridgehead atoms. The van der Waals surface area contributed by atoms with Gasteiger partial charge in [-0.3, -0.25) is 9.48 Å². The smallest absolute Gasteiger partial charge is 0.277 e. The first-order valence-corrected chi connectivity index (χ1v) is 14.4. The van der Waals surface area contributed by atoms with Crippen LogP contribution in [0.5, 0.6) is 5.75 Å². The van der Waals surface area contributed by atoms with Crippen molar-refractivity contribution < 1.29 is 17.5 Å². The van der Waals surface area contributed by atoms with Crippen LogP contribution in [0.4, 0.5) is 10.1 Å². The Kier molecular flexibility index (Phi) is 7.41. The van der Waals surface area contributed by atoms with Crippen molar-refractivity contribution >= 4 is 26.7 Å². The molecular weight excluding hydrogens is 523 g/mol. The largest absolute Gasteiger partial charge is 0.493 e. The molecule has 206 valence electrons. The van der Waals surface area contributed by atoms with Crippen LogP contribution in [0.3, 0.4) is 0 Å².